The molecular formula is C15H19FN2O2. The summed E-state index contributed by atoms with van der Waals surface area (Å²) in [5.41, 5.74) is 5.85. The maximum absolute atomic E-state index is 13.5. The summed E-state index contributed by atoms with van der Waals surface area (Å²) in [7, 11) is 0. The van der Waals surface area contributed by atoms with E-state index >= 15 is 0 Å². The van der Waals surface area contributed by atoms with E-state index in [-0.39, 0.29) is 11.3 Å². The summed E-state index contributed by atoms with van der Waals surface area (Å²) in [6.07, 6.45) is 4.78. The molecule has 0 heterocycles. The van der Waals surface area contributed by atoms with Crippen LogP contribution in [0.4, 0.5) is 15.8 Å². The predicted molar refractivity (Wildman–Crippen MR) is 75.4 cm³/mol. The zero-order valence-electron chi connectivity index (χ0n) is 11.3. The number of nitrogen functional groups attached to an aromatic ring is 1. The SMILES string of the molecule is Nc1c(F)ccc(N(CC2CC2)CC2CC2)c1C(=O)O. The molecule has 0 radical (unpaired) electrons. The lowest BCUT2D eigenvalue weighted by Gasteiger charge is -2.27. The summed E-state index contributed by atoms with van der Waals surface area (Å²) in [6.45, 7) is 1.70. The lowest BCUT2D eigenvalue weighted by molar-refractivity contribution is 0.0698. The van der Waals surface area contributed by atoms with Crippen molar-refractivity contribution in [3.8, 4) is 0 Å². The minimum Gasteiger partial charge on any atom is -0.478 e. The van der Waals surface area contributed by atoms with E-state index in [0.29, 0.717) is 17.5 Å². The number of hydrogen-bond acceptors (Lipinski definition) is 3. The molecule has 0 spiro atoms. The molecule has 20 heavy (non-hydrogen) atoms. The van der Waals surface area contributed by atoms with Gasteiger partial charge in [0.05, 0.1) is 11.4 Å². The molecule has 2 saturated carbocycles. The van der Waals surface area contributed by atoms with Gasteiger partial charge in [0.25, 0.3) is 0 Å². The Morgan fingerprint density at radius 1 is 1.25 bits per heavy atom. The van der Waals surface area contributed by atoms with Crippen LogP contribution in [0, 0.1) is 17.7 Å². The highest BCUT2D eigenvalue weighted by atomic mass is 19.1. The second-order valence-electron chi connectivity index (χ2n) is 5.95. The molecule has 0 unspecified atom stereocenters. The van der Waals surface area contributed by atoms with E-state index in [1.807, 2.05) is 0 Å². The van der Waals surface area contributed by atoms with Gasteiger partial charge < -0.3 is 15.7 Å². The highest BCUT2D eigenvalue weighted by Gasteiger charge is 2.31. The molecule has 2 aliphatic carbocycles. The molecule has 0 aromatic heterocycles. The smallest absolute Gasteiger partial charge is 0.340 e. The summed E-state index contributed by atoms with van der Waals surface area (Å²) in [4.78, 5) is 13.5. The normalized spacial score (nSPS) is 18.1. The van der Waals surface area contributed by atoms with Crippen LogP contribution in [-0.4, -0.2) is 24.2 Å². The summed E-state index contributed by atoms with van der Waals surface area (Å²) >= 11 is 0. The highest BCUT2D eigenvalue weighted by molar-refractivity contribution is 6.00. The van der Waals surface area contributed by atoms with Crippen molar-refractivity contribution in [2.75, 3.05) is 23.7 Å². The van der Waals surface area contributed by atoms with Crippen LogP contribution in [0.5, 0.6) is 0 Å². The first kappa shape index (κ1) is 13.2. The number of rotatable bonds is 6. The first-order chi connectivity index (χ1) is 9.56. The quantitative estimate of drug-likeness (QED) is 0.785. The second kappa shape index (κ2) is 4.96. The molecule has 1 aromatic rings. The van der Waals surface area contributed by atoms with Gasteiger partial charge in [-0.15, -0.1) is 0 Å². The van der Waals surface area contributed by atoms with Gasteiger partial charge in [0.15, 0.2) is 0 Å². The molecule has 3 N–H and O–H groups in total. The average molecular weight is 278 g/mol. The van der Waals surface area contributed by atoms with Crippen molar-refractivity contribution >= 4 is 17.3 Å². The van der Waals surface area contributed by atoms with Crippen molar-refractivity contribution in [2.24, 2.45) is 11.8 Å². The van der Waals surface area contributed by atoms with Crippen LogP contribution in [0.2, 0.25) is 0 Å². The zero-order chi connectivity index (χ0) is 14.3. The Kier molecular flexibility index (Phi) is 3.28. The third-order valence-corrected chi connectivity index (χ3v) is 4.08. The predicted octanol–water partition coefficient (Wildman–Crippen LogP) is 2.73. The summed E-state index contributed by atoms with van der Waals surface area (Å²) in [5, 5.41) is 9.35. The third-order valence-electron chi connectivity index (χ3n) is 4.08. The number of halogens is 1. The highest BCUT2D eigenvalue weighted by Crippen LogP contribution is 2.38. The number of carboxylic acid groups (broad SMARTS) is 1. The van der Waals surface area contributed by atoms with E-state index in [4.69, 9.17) is 5.73 Å². The van der Waals surface area contributed by atoms with Crippen molar-refractivity contribution in [1.82, 2.24) is 0 Å². The summed E-state index contributed by atoms with van der Waals surface area (Å²) in [5.74, 6) is -0.541. The number of anilines is 2. The van der Waals surface area contributed by atoms with Crippen LogP contribution >= 0.6 is 0 Å². The molecule has 5 heteroatoms. The van der Waals surface area contributed by atoms with Gasteiger partial charge in [-0.2, -0.15) is 0 Å². The molecule has 0 saturated heterocycles. The number of benzene rings is 1. The summed E-state index contributed by atoms with van der Waals surface area (Å²) < 4.78 is 13.5. The molecule has 108 valence electrons. The Hall–Kier alpha value is -1.78. The van der Waals surface area contributed by atoms with E-state index in [0.717, 1.165) is 13.1 Å². The average Bonchev–Trinajstić information content (AvgIpc) is 3.26. The van der Waals surface area contributed by atoms with Crippen LogP contribution in [0.25, 0.3) is 0 Å². The van der Waals surface area contributed by atoms with E-state index in [1.165, 1.54) is 31.7 Å². The topological polar surface area (TPSA) is 66.6 Å². The molecule has 0 amide bonds. The largest absolute Gasteiger partial charge is 0.478 e. The number of hydrogen-bond donors (Lipinski definition) is 2. The fourth-order valence-electron chi connectivity index (χ4n) is 2.57. The number of carboxylic acids is 1. The second-order valence-corrected chi connectivity index (χ2v) is 5.95. The van der Waals surface area contributed by atoms with Gasteiger partial charge >= 0.3 is 5.97 Å². The number of nitrogens with two attached hydrogens (primary N) is 1. The van der Waals surface area contributed by atoms with Crippen molar-refractivity contribution in [2.45, 2.75) is 25.7 Å². The molecule has 2 fully saturated rings. The molecule has 1 aromatic carbocycles. The van der Waals surface area contributed by atoms with E-state index in [9.17, 15) is 14.3 Å². The first-order valence-corrected chi connectivity index (χ1v) is 7.12. The van der Waals surface area contributed by atoms with Crippen molar-refractivity contribution < 1.29 is 14.3 Å². The molecule has 4 nitrogen and oxygen atoms in total. The van der Waals surface area contributed by atoms with E-state index in [2.05, 4.69) is 4.90 Å². The van der Waals surface area contributed by atoms with E-state index < -0.39 is 11.8 Å². The number of aromatic carboxylic acids is 1. The van der Waals surface area contributed by atoms with Crippen LogP contribution < -0.4 is 10.6 Å². The number of nitrogens with zero attached hydrogens (tertiary/aromatic N) is 1. The Morgan fingerprint density at radius 3 is 2.25 bits per heavy atom. The van der Waals surface area contributed by atoms with Crippen LogP contribution in [0.3, 0.4) is 0 Å². The molecule has 0 aliphatic heterocycles. The molecular weight excluding hydrogens is 259 g/mol. The van der Waals surface area contributed by atoms with Gasteiger partial charge in [0, 0.05) is 13.1 Å². The minimum atomic E-state index is -1.16. The van der Waals surface area contributed by atoms with Crippen LogP contribution in [0.15, 0.2) is 12.1 Å². The van der Waals surface area contributed by atoms with Crippen molar-refractivity contribution in [1.29, 1.82) is 0 Å². The molecule has 0 atom stereocenters. The lowest BCUT2D eigenvalue weighted by atomic mass is 10.1. The van der Waals surface area contributed by atoms with Gasteiger partial charge in [-0.05, 0) is 49.7 Å². The fourth-order valence-corrected chi connectivity index (χ4v) is 2.57. The lowest BCUT2D eigenvalue weighted by Crippen LogP contribution is -2.30. The first-order valence-electron chi connectivity index (χ1n) is 7.12. The molecule has 3 rings (SSSR count). The van der Waals surface area contributed by atoms with E-state index in [1.54, 1.807) is 6.07 Å². The van der Waals surface area contributed by atoms with Gasteiger partial charge in [-0.3, -0.25) is 0 Å². The summed E-state index contributed by atoms with van der Waals surface area (Å²) in [6, 6.07) is 2.82. The third kappa shape index (κ3) is 2.71. The Morgan fingerprint density at radius 2 is 1.80 bits per heavy atom. The van der Waals surface area contributed by atoms with Crippen LogP contribution in [0.1, 0.15) is 36.0 Å². The van der Waals surface area contributed by atoms with Crippen molar-refractivity contribution in [3.63, 3.8) is 0 Å². The fraction of sp³-hybridized carbons (Fsp3) is 0.533. The van der Waals surface area contributed by atoms with Crippen molar-refractivity contribution in [3.05, 3.63) is 23.5 Å². The van der Waals surface area contributed by atoms with Gasteiger partial charge in [-0.25, -0.2) is 9.18 Å². The maximum Gasteiger partial charge on any atom is 0.340 e. The maximum atomic E-state index is 13.5. The van der Waals surface area contributed by atoms with Gasteiger partial charge in [0.1, 0.15) is 11.4 Å². The Bertz CT molecular complexity index is 525. The monoisotopic (exact) mass is 278 g/mol. The Labute approximate surface area is 117 Å². The Balaban J connectivity index is 1.95. The standard InChI is InChI=1S/C15H19FN2O2/c16-11-5-6-12(13(14(11)17)15(19)20)18(7-9-1-2-9)8-10-3-4-10/h5-6,9-10H,1-4,7-8,17H2,(H,19,20). The number of carbonyl (C=O) groups is 1. The molecule has 0 bridgehead atoms. The van der Waals surface area contributed by atoms with Crippen LogP contribution in [-0.2, 0) is 0 Å². The molecule has 2 aliphatic rings. The zero-order valence-corrected chi connectivity index (χ0v) is 11.3. The van der Waals surface area contributed by atoms with Gasteiger partial charge in [0.2, 0.25) is 0 Å². The van der Waals surface area contributed by atoms with Gasteiger partial charge in [-0.1, -0.05) is 0 Å². The minimum absolute atomic E-state index is 0.0914.